The molecule has 2 rings (SSSR count). The fraction of sp³-hybridized carbons (Fsp3) is 0. The van der Waals surface area contributed by atoms with Crippen LogP contribution in [0, 0.1) is 11.6 Å². The maximum Gasteiger partial charge on any atom is 0.454 e. The van der Waals surface area contributed by atoms with E-state index in [1.165, 1.54) is 0 Å². The Bertz CT molecular complexity index is 818. The molecule has 0 bridgehead atoms. The smallest absolute Gasteiger partial charge is 0.369 e. The van der Waals surface area contributed by atoms with Crippen molar-refractivity contribution in [3.05, 3.63) is 60.2 Å². The molecule has 0 spiro atoms. The van der Waals surface area contributed by atoms with Crippen molar-refractivity contribution >= 4 is 18.3 Å². The molecule has 0 aromatic heterocycles. The summed E-state index contributed by atoms with van der Waals surface area (Å²) in [5.41, 5.74) is 0. The fourth-order valence-corrected chi connectivity index (χ4v) is 3.17. The first-order chi connectivity index (χ1) is 10.2. The van der Waals surface area contributed by atoms with Crippen LogP contribution in [0.4, 0.5) is 8.78 Å². The van der Waals surface area contributed by atoms with Gasteiger partial charge in [-0.15, -0.1) is 0 Å². The van der Waals surface area contributed by atoms with Crippen molar-refractivity contribution in [2.45, 2.75) is 0 Å². The van der Waals surface area contributed by atoms with Crippen LogP contribution < -0.4 is 8.37 Å². The minimum Gasteiger partial charge on any atom is -0.369 e. The maximum atomic E-state index is 12.9. The van der Waals surface area contributed by atoms with Crippen LogP contribution in [0.2, 0.25) is 0 Å². The molecule has 0 aliphatic heterocycles. The molecule has 2 aromatic rings. The van der Waals surface area contributed by atoms with Gasteiger partial charge in [0, 0.05) is 12.1 Å². The lowest BCUT2D eigenvalue weighted by Crippen LogP contribution is -2.25. The van der Waals surface area contributed by atoms with Crippen molar-refractivity contribution in [3.8, 4) is 11.5 Å². The van der Waals surface area contributed by atoms with Crippen LogP contribution in [0.1, 0.15) is 0 Å². The van der Waals surface area contributed by atoms with E-state index in [0.29, 0.717) is 12.1 Å². The van der Waals surface area contributed by atoms with Gasteiger partial charge in [0.05, 0.1) is 0 Å². The Kier molecular flexibility index (Phi) is 4.33. The number of rotatable bonds is 5. The van der Waals surface area contributed by atoms with Gasteiger partial charge in [-0.25, -0.2) is 8.78 Å². The van der Waals surface area contributed by atoms with Gasteiger partial charge in [-0.05, 0) is 24.3 Å². The third kappa shape index (κ3) is 3.71. The van der Waals surface area contributed by atoms with Gasteiger partial charge in [-0.1, -0.05) is 12.1 Å². The second-order valence-electron chi connectivity index (χ2n) is 3.90. The van der Waals surface area contributed by atoms with Crippen LogP contribution >= 0.6 is 0 Å². The lowest BCUT2D eigenvalue weighted by Gasteiger charge is -2.08. The Hall–Kier alpha value is -2.20. The summed E-state index contributed by atoms with van der Waals surface area (Å²) in [6.07, 6.45) is 0. The molecule has 22 heavy (non-hydrogen) atoms. The van der Waals surface area contributed by atoms with Gasteiger partial charge in [0.25, 0.3) is 0 Å². The standard InChI is InChI=1S/C12H8F2O6S2/c13-9-3-1-5-11(7-9)19-21(15,16)22(17,18)20-12-6-2-4-10(14)8-12/h1-8H. The fourth-order valence-electron chi connectivity index (χ4n) is 1.36. The van der Waals surface area contributed by atoms with E-state index >= 15 is 0 Å². The molecule has 0 aliphatic carbocycles. The van der Waals surface area contributed by atoms with Crippen molar-refractivity contribution in [1.29, 1.82) is 0 Å². The summed E-state index contributed by atoms with van der Waals surface area (Å²) in [7, 11) is -10.6. The van der Waals surface area contributed by atoms with E-state index in [4.69, 9.17) is 0 Å². The topological polar surface area (TPSA) is 86.7 Å². The van der Waals surface area contributed by atoms with Crippen LogP contribution in [0.15, 0.2) is 48.5 Å². The largest absolute Gasteiger partial charge is 0.454 e. The maximum absolute atomic E-state index is 12.9. The summed E-state index contributed by atoms with van der Waals surface area (Å²) in [5, 5.41) is 0. The quantitative estimate of drug-likeness (QED) is 0.767. The van der Waals surface area contributed by atoms with Crippen molar-refractivity contribution < 1.29 is 34.0 Å². The van der Waals surface area contributed by atoms with E-state index in [0.717, 1.165) is 36.4 Å². The molecule has 0 saturated heterocycles. The summed E-state index contributed by atoms with van der Waals surface area (Å²) >= 11 is 0. The van der Waals surface area contributed by atoms with E-state index in [2.05, 4.69) is 8.37 Å². The highest BCUT2D eigenvalue weighted by Gasteiger charge is 2.35. The SMILES string of the molecule is O=S(=O)(Oc1cccc(F)c1)S(=O)(=O)Oc1cccc(F)c1. The van der Waals surface area contributed by atoms with Crippen molar-refractivity contribution in [2.24, 2.45) is 0 Å². The molecule has 0 N–H and O–H groups in total. The van der Waals surface area contributed by atoms with Crippen LogP contribution in [0.5, 0.6) is 11.5 Å². The molecule has 0 amide bonds. The van der Waals surface area contributed by atoms with E-state index in [1.54, 1.807) is 0 Å². The molecule has 0 atom stereocenters. The minimum atomic E-state index is -5.28. The summed E-state index contributed by atoms with van der Waals surface area (Å²) < 4.78 is 81.1. The Balaban J connectivity index is 2.27. The molecular weight excluding hydrogens is 342 g/mol. The number of benzene rings is 2. The molecule has 0 fully saturated rings. The van der Waals surface area contributed by atoms with Crippen LogP contribution in [-0.4, -0.2) is 16.8 Å². The Morgan fingerprint density at radius 1 is 0.682 bits per heavy atom. The monoisotopic (exact) mass is 350 g/mol. The van der Waals surface area contributed by atoms with Gasteiger partial charge in [-0.2, -0.15) is 16.8 Å². The van der Waals surface area contributed by atoms with E-state index in [9.17, 15) is 25.6 Å². The molecule has 6 nitrogen and oxygen atoms in total. The summed E-state index contributed by atoms with van der Waals surface area (Å²) in [6.45, 7) is 0. The third-order valence-corrected chi connectivity index (χ3v) is 5.44. The van der Waals surface area contributed by atoms with Crippen LogP contribution in [0.3, 0.4) is 0 Å². The first kappa shape index (κ1) is 16.2. The van der Waals surface area contributed by atoms with E-state index in [-0.39, 0.29) is 0 Å². The molecule has 0 saturated carbocycles. The Morgan fingerprint density at radius 3 is 1.36 bits per heavy atom. The highest BCUT2D eigenvalue weighted by Crippen LogP contribution is 2.21. The predicted molar refractivity (Wildman–Crippen MR) is 71.9 cm³/mol. The Labute approximate surface area is 124 Å². The van der Waals surface area contributed by atoms with Crippen LogP contribution in [0.25, 0.3) is 0 Å². The average Bonchev–Trinajstić information content (AvgIpc) is 2.37. The average molecular weight is 350 g/mol. The highest BCUT2D eigenvalue weighted by molar-refractivity contribution is 8.63. The normalized spacial score (nSPS) is 11.9. The lowest BCUT2D eigenvalue weighted by molar-refractivity contribution is 0.462. The van der Waals surface area contributed by atoms with E-state index < -0.39 is 41.4 Å². The van der Waals surface area contributed by atoms with Gasteiger partial charge < -0.3 is 8.37 Å². The molecule has 2 aromatic carbocycles. The zero-order valence-corrected chi connectivity index (χ0v) is 12.3. The molecule has 0 unspecified atom stereocenters. The zero-order valence-electron chi connectivity index (χ0n) is 10.6. The molecule has 0 heterocycles. The van der Waals surface area contributed by atoms with Gasteiger partial charge in [0.1, 0.15) is 23.1 Å². The molecular formula is C12H8F2O6S2. The molecule has 0 aliphatic rings. The number of hydrogen-bond acceptors (Lipinski definition) is 6. The van der Waals surface area contributed by atoms with Crippen molar-refractivity contribution in [2.75, 3.05) is 0 Å². The molecule has 118 valence electrons. The van der Waals surface area contributed by atoms with Gasteiger partial charge in [0.15, 0.2) is 0 Å². The van der Waals surface area contributed by atoms with Gasteiger partial charge in [0.2, 0.25) is 0 Å². The summed E-state index contributed by atoms with van der Waals surface area (Å²) in [4.78, 5) is 0. The van der Waals surface area contributed by atoms with E-state index in [1.807, 2.05) is 0 Å². The second-order valence-corrected chi connectivity index (χ2v) is 8.31. The number of halogens is 2. The second kappa shape index (κ2) is 5.89. The van der Waals surface area contributed by atoms with Crippen LogP contribution in [-0.2, 0) is 18.3 Å². The number of hydrogen-bond donors (Lipinski definition) is 0. The van der Waals surface area contributed by atoms with Gasteiger partial charge >= 0.3 is 18.3 Å². The molecule has 10 heteroatoms. The highest BCUT2D eigenvalue weighted by atomic mass is 33.2. The third-order valence-electron chi connectivity index (χ3n) is 2.24. The summed E-state index contributed by atoms with van der Waals surface area (Å²) in [5.74, 6) is -2.75. The van der Waals surface area contributed by atoms with Crippen molar-refractivity contribution in [3.63, 3.8) is 0 Å². The van der Waals surface area contributed by atoms with Gasteiger partial charge in [-0.3, -0.25) is 0 Å². The molecule has 0 radical (unpaired) electrons. The first-order valence-electron chi connectivity index (χ1n) is 5.60. The zero-order chi connectivity index (χ0) is 16.4. The van der Waals surface area contributed by atoms with Crippen molar-refractivity contribution in [1.82, 2.24) is 0 Å². The summed E-state index contributed by atoms with van der Waals surface area (Å²) in [6, 6.07) is 7.70. The predicted octanol–water partition coefficient (Wildman–Crippen LogP) is 2.00. The Morgan fingerprint density at radius 2 is 1.05 bits per heavy atom. The first-order valence-corrected chi connectivity index (χ1v) is 8.93. The lowest BCUT2D eigenvalue weighted by atomic mass is 10.3. The minimum absolute atomic E-state index is 0.550.